The van der Waals surface area contributed by atoms with Crippen molar-refractivity contribution < 1.29 is 9.52 Å². The van der Waals surface area contributed by atoms with Crippen LogP contribution in [0.15, 0.2) is 22.8 Å². The molecule has 1 aliphatic rings. The predicted octanol–water partition coefficient (Wildman–Crippen LogP) is 1.46. The molecule has 0 aliphatic carbocycles. The minimum atomic E-state index is -0.453. The van der Waals surface area contributed by atoms with Gasteiger partial charge in [0.25, 0.3) is 0 Å². The highest BCUT2D eigenvalue weighted by molar-refractivity contribution is 5.02. The van der Waals surface area contributed by atoms with E-state index in [1.165, 1.54) is 6.42 Å². The van der Waals surface area contributed by atoms with Crippen molar-refractivity contribution in [3.63, 3.8) is 0 Å². The number of furan rings is 1. The SMILES string of the molecule is O[C@@H](C[C@H]1CCCN1)c1ccco1. The smallest absolute Gasteiger partial charge is 0.132 e. The highest BCUT2D eigenvalue weighted by atomic mass is 16.4. The Hall–Kier alpha value is -0.800. The molecule has 0 radical (unpaired) electrons. The van der Waals surface area contributed by atoms with Crippen LogP contribution in [0.3, 0.4) is 0 Å². The van der Waals surface area contributed by atoms with Gasteiger partial charge >= 0.3 is 0 Å². The van der Waals surface area contributed by atoms with Gasteiger partial charge in [-0.2, -0.15) is 0 Å². The monoisotopic (exact) mass is 181 g/mol. The molecule has 1 aromatic rings. The van der Waals surface area contributed by atoms with E-state index in [1.54, 1.807) is 12.3 Å². The summed E-state index contributed by atoms with van der Waals surface area (Å²) in [7, 11) is 0. The van der Waals surface area contributed by atoms with E-state index in [0.717, 1.165) is 19.4 Å². The molecule has 1 saturated heterocycles. The van der Waals surface area contributed by atoms with Gasteiger partial charge in [0.2, 0.25) is 0 Å². The molecule has 0 aromatic carbocycles. The highest BCUT2D eigenvalue weighted by Crippen LogP contribution is 2.21. The Morgan fingerprint density at radius 1 is 1.69 bits per heavy atom. The van der Waals surface area contributed by atoms with Gasteiger partial charge in [-0.25, -0.2) is 0 Å². The zero-order chi connectivity index (χ0) is 9.10. The molecule has 2 atom stereocenters. The first kappa shape index (κ1) is 8.78. The molecule has 0 amide bonds. The van der Waals surface area contributed by atoms with Crippen LogP contribution < -0.4 is 5.32 Å². The van der Waals surface area contributed by atoms with Crippen molar-refractivity contribution in [2.45, 2.75) is 31.4 Å². The molecule has 13 heavy (non-hydrogen) atoms. The fraction of sp³-hybridized carbons (Fsp3) is 0.600. The summed E-state index contributed by atoms with van der Waals surface area (Å²) >= 11 is 0. The molecule has 72 valence electrons. The van der Waals surface area contributed by atoms with Crippen molar-refractivity contribution in [1.82, 2.24) is 5.32 Å². The lowest BCUT2D eigenvalue weighted by molar-refractivity contribution is 0.129. The topological polar surface area (TPSA) is 45.4 Å². The standard InChI is InChI=1S/C10H15NO2/c12-9(10-4-2-6-13-10)7-8-3-1-5-11-8/h2,4,6,8-9,11-12H,1,3,5,7H2/t8-,9+/m1/s1. The summed E-state index contributed by atoms with van der Waals surface area (Å²) < 4.78 is 5.13. The second-order valence-electron chi connectivity index (χ2n) is 3.56. The van der Waals surface area contributed by atoms with Crippen LogP contribution in [0.4, 0.5) is 0 Å². The summed E-state index contributed by atoms with van der Waals surface area (Å²) in [4.78, 5) is 0. The van der Waals surface area contributed by atoms with Gasteiger partial charge in [0.05, 0.1) is 6.26 Å². The van der Waals surface area contributed by atoms with Crippen molar-refractivity contribution in [3.05, 3.63) is 24.2 Å². The van der Waals surface area contributed by atoms with E-state index in [2.05, 4.69) is 5.32 Å². The van der Waals surface area contributed by atoms with Gasteiger partial charge in [0.15, 0.2) is 0 Å². The lowest BCUT2D eigenvalue weighted by Crippen LogP contribution is -2.23. The molecule has 1 aliphatic heterocycles. The van der Waals surface area contributed by atoms with E-state index in [9.17, 15) is 5.11 Å². The van der Waals surface area contributed by atoms with Gasteiger partial charge in [-0.05, 0) is 37.9 Å². The van der Waals surface area contributed by atoms with E-state index in [4.69, 9.17) is 4.42 Å². The van der Waals surface area contributed by atoms with Crippen LogP contribution in [-0.2, 0) is 0 Å². The van der Waals surface area contributed by atoms with Crippen molar-refractivity contribution in [2.24, 2.45) is 0 Å². The van der Waals surface area contributed by atoms with E-state index in [-0.39, 0.29) is 0 Å². The zero-order valence-electron chi connectivity index (χ0n) is 7.57. The van der Waals surface area contributed by atoms with Crippen LogP contribution >= 0.6 is 0 Å². The summed E-state index contributed by atoms with van der Waals surface area (Å²) in [6, 6.07) is 4.08. The van der Waals surface area contributed by atoms with Crippen LogP contribution in [0.25, 0.3) is 0 Å². The van der Waals surface area contributed by atoms with Crippen molar-refractivity contribution >= 4 is 0 Å². The molecular formula is C10H15NO2. The predicted molar refractivity (Wildman–Crippen MR) is 49.3 cm³/mol. The van der Waals surface area contributed by atoms with Gasteiger partial charge in [0, 0.05) is 6.04 Å². The normalized spacial score (nSPS) is 24.8. The zero-order valence-corrected chi connectivity index (χ0v) is 7.57. The first-order valence-corrected chi connectivity index (χ1v) is 4.81. The Balaban J connectivity index is 1.87. The fourth-order valence-electron chi connectivity index (χ4n) is 1.82. The third-order valence-electron chi connectivity index (χ3n) is 2.54. The summed E-state index contributed by atoms with van der Waals surface area (Å²) in [5.41, 5.74) is 0. The molecule has 0 unspecified atom stereocenters. The first-order valence-electron chi connectivity index (χ1n) is 4.81. The van der Waals surface area contributed by atoms with Crippen LogP contribution in [-0.4, -0.2) is 17.7 Å². The van der Waals surface area contributed by atoms with E-state index >= 15 is 0 Å². The molecule has 0 saturated carbocycles. The number of hydrogen-bond acceptors (Lipinski definition) is 3. The third-order valence-corrected chi connectivity index (χ3v) is 2.54. The number of rotatable bonds is 3. The van der Waals surface area contributed by atoms with Gasteiger partial charge in [-0.1, -0.05) is 0 Å². The summed E-state index contributed by atoms with van der Waals surface area (Å²) in [6.45, 7) is 1.08. The van der Waals surface area contributed by atoms with Gasteiger partial charge < -0.3 is 14.8 Å². The number of aliphatic hydroxyl groups is 1. The van der Waals surface area contributed by atoms with Crippen LogP contribution in [0.2, 0.25) is 0 Å². The molecule has 3 heteroatoms. The summed E-state index contributed by atoms with van der Waals surface area (Å²) in [5, 5.41) is 13.1. The summed E-state index contributed by atoms with van der Waals surface area (Å²) in [6.07, 6.45) is 4.28. The quantitative estimate of drug-likeness (QED) is 0.742. The molecular weight excluding hydrogens is 166 g/mol. The number of hydrogen-bond donors (Lipinski definition) is 2. The molecule has 1 aromatic heterocycles. The lowest BCUT2D eigenvalue weighted by atomic mass is 10.1. The number of aliphatic hydroxyl groups excluding tert-OH is 1. The second-order valence-corrected chi connectivity index (χ2v) is 3.56. The molecule has 1 fully saturated rings. The van der Waals surface area contributed by atoms with Crippen LogP contribution in [0.1, 0.15) is 31.1 Å². The Labute approximate surface area is 77.8 Å². The van der Waals surface area contributed by atoms with Crippen molar-refractivity contribution in [1.29, 1.82) is 0 Å². The molecule has 0 bridgehead atoms. The molecule has 2 heterocycles. The van der Waals surface area contributed by atoms with E-state index in [0.29, 0.717) is 11.8 Å². The van der Waals surface area contributed by atoms with Gasteiger partial charge in [0.1, 0.15) is 11.9 Å². The average Bonchev–Trinajstić information content (AvgIpc) is 2.74. The minimum absolute atomic E-state index is 0.453. The minimum Gasteiger partial charge on any atom is -0.467 e. The molecule has 0 spiro atoms. The van der Waals surface area contributed by atoms with Gasteiger partial charge in [-0.3, -0.25) is 0 Å². The van der Waals surface area contributed by atoms with Crippen molar-refractivity contribution in [3.8, 4) is 0 Å². The molecule has 2 N–H and O–H groups in total. The molecule has 2 rings (SSSR count). The van der Waals surface area contributed by atoms with E-state index in [1.807, 2.05) is 6.07 Å². The third kappa shape index (κ3) is 2.11. The fourth-order valence-corrected chi connectivity index (χ4v) is 1.82. The molecule has 3 nitrogen and oxygen atoms in total. The lowest BCUT2D eigenvalue weighted by Gasteiger charge is -2.13. The Morgan fingerprint density at radius 2 is 2.62 bits per heavy atom. The average molecular weight is 181 g/mol. The Kier molecular flexibility index (Phi) is 2.66. The maximum Gasteiger partial charge on any atom is 0.132 e. The first-order chi connectivity index (χ1) is 6.36. The largest absolute Gasteiger partial charge is 0.467 e. The van der Waals surface area contributed by atoms with Crippen LogP contribution in [0, 0.1) is 0 Å². The maximum atomic E-state index is 9.74. The Morgan fingerprint density at radius 3 is 3.23 bits per heavy atom. The number of nitrogens with one attached hydrogen (secondary N) is 1. The maximum absolute atomic E-state index is 9.74. The van der Waals surface area contributed by atoms with Crippen LogP contribution in [0.5, 0.6) is 0 Å². The van der Waals surface area contributed by atoms with E-state index < -0.39 is 6.10 Å². The van der Waals surface area contributed by atoms with Gasteiger partial charge in [-0.15, -0.1) is 0 Å². The Bertz CT molecular complexity index is 239. The summed E-state index contributed by atoms with van der Waals surface area (Å²) in [5.74, 6) is 0.675. The van der Waals surface area contributed by atoms with Crippen molar-refractivity contribution in [2.75, 3.05) is 6.54 Å². The highest BCUT2D eigenvalue weighted by Gasteiger charge is 2.20. The second kappa shape index (κ2) is 3.94.